The average Bonchev–Trinajstić information content (AvgIpc) is 0.777. The maximum Gasteiger partial charge on any atom is 0.0965 e. The van der Waals surface area contributed by atoms with E-state index in [4.69, 9.17) is 10.7 Å². The fraction of sp³-hybridized carbons (Fsp3) is 0.0109. The highest BCUT2D eigenvalue weighted by Crippen LogP contribution is 2.48. The quantitative estimate of drug-likeness (QED) is 0.0763. The second-order valence-electron chi connectivity index (χ2n) is 24.9. The number of nitrogen functional groups attached to an aromatic ring is 1. The van der Waals surface area contributed by atoms with Crippen LogP contribution in [-0.2, 0) is 0 Å². The maximum atomic E-state index is 6.48. The van der Waals surface area contributed by atoms with Gasteiger partial charge >= 0.3 is 0 Å². The Hall–Kier alpha value is -13.4. The summed E-state index contributed by atoms with van der Waals surface area (Å²) in [5, 5.41) is 9.32. The van der Waals surface area contributed by atoms with E-state index in [0.717, 1.165) is 140 Å². The number of hydrogen-bond donors (Lipinski definition) is 1. The molecule has 0 amide bonds. The number of aliphatic imine (C=N–C) groups is 1. The molecule has 8 heteroatoms. The van der Waals surface area contributed by atoms with E-state index < -0.39 is 0 Å². The Morgan fingerprint density at radius 1 is 0.270 bits per heavy atom. The number of anilines is 13. The van der Waals surface area contributed by atoms with Gasteiger partial charge in [0.05, 0.1) is 45.2 Å². The second kappa shape index (κ2) is 26.3. The van der Waals surface area contributed by atoms with Gasteiger partial charge in [-0.15, -0.1) is 0 Å². The molecule has 0 saturated heterocycles. The molecule has 0 unspecified atom stereocenters. The Kier molecular flexibility index (Phi) is 15.8. The molecule has 17 aromatic rings. The molecule has 2 N–H and O–H groups in total. The molecule has 0 aliphatic heterocycles. The van der Waals surface area contributed by atoms with Crippen LogP contribution in [0.15, 0.2) is 369 Å². The van der Waals surface area contributed by atoms with Gasteiger partial charge in [0, 0.05) is 96.8 Å². The minimum Gasteiger partial charge on any atom is -0.397 e. The maximum absolute atomic E-state index is 6.48. The summed E-state index contributed by atoms with van der Waals surface area (Å²) in [6, 6.07) is 126. The molecule has 474 valence electrons. The zero-order valence-corrected chi connectivity index (χ0v) is 54.9. The molecule has 0 radical (unpaired) electrons. The van der Waals surface area contributed by atoms with Crippen molar-refractivity contribution in [3.63, 3.8) is 0 Å². The van der Waals surface area contributed by atoms with Crippen molar-refractivity contribution in [3.05, 3.63) is 364 Å². The molecule has 0 atom stereocenters. The number of rotatable bonds is 16. The summed E-state index contributed by atoms with van der Waals surface area (Å²) in [5.41, 5.74) is 28.6. The van der Waals surface area contributed by atoms with Crippen LogP contribution in [0.2, 0.25) is 0 Å². The normalized spacial score (nSPS) is 11.4. The first kappa shape index (κ1) is 60.3. The summed E-state index contributed by atoms with van der Waals surface area (Å²) < 4.78 is 0. The molecule has 1 heterocycles. The number of hydrogen-bond acceptors (Lipinski definition) is 8. The largest absolute Gasteiger partial charge is 0.397 e. The number of nitrogens with zero attached hydrogens (tertiary/aromatic N) is 7. The third kappa shape index (κ3) is 11.3. The lowest BCUT2D eigenvalue weighted by atomic mass is 10.0. The van der Waals surface area contributed by atoms with Crippen molar-refractivity contribution in [2.75, 3.05) is 25.3 Å². The van der Waals surface area contributed by atoms with Crippen LogP contribution in [0.4, 0.5) is 79.6 Å². The average molecular weight is 1280 g/mol. The SMILES string of the molecule is CC=Nc1c(N)cccc1-c1ccc(N(c2ccc(N(c3ccc(-c4ccc(N(c5ccc(N(c6ccc(-c7cccc8nccnc78)cc6)c6cccc7ccccc67)cc5)c5cccc6ccccc56)cc4)cc3)c3cccc4ccccc34)cc2)c2cccc3ccccc23)cc1. The van der Waals surface area contributed by atoms with Gasteiger partial charge in [0.25, 0.3) is 0 Å². The van der Waals surface area contributed by atoms with E-state index in [0.29, 0.717) is 5.69 Å². The fourth-order valence-electron chi connectivity index (χ4n) is 14.3. The third-order valence-electron chi connectivity index (χ3n) is 19.0. The second-order valence-corrected chi connectivity index (χ2v) is 24.9. The van der Waals surface area contributed by atoms with Crippen molar-refractivity contribution >= 4 is 140 Å². The number of nitrogens with two attached hydrogens (primary N) is 1. The lowest BCUT2D eigenvalue weighted by Gasteiger charge is -2.30. The lowest BCUT2D eigenvalue weighted by Crippen LogP contribution is -2.13. The highest BCUT2D eigenvalue weighted by atomic mass is 15.2. The van der Waals surface area contributed by atoms with E-state index in [9.17, 15) is 0 Å². The van der Waals surface area contributed by atoms with Gasteiger partial charge in [-0.3, -0.25) is 15.0 Å². The van der Waals surface area contributed by atoms with Gasteiger partial charge in [0.1, 0.15) is 0 Å². The van der Waals surface area contributed by atoms with E-state index in [1.807, 2.05) is 31.2 Å². The lowest BCUT2D eigenvalue weighted by molar-refractivity contribution is 1.27. The molecule has 1 aromatic heterocycles. The Bertz CT molecular complexity index is 5850. The van der Waals surface area contributed by atoms with Crippen LogP contribution in [0, 0.1) is 0 Å². The minimum atomic E-state index is 0.645. The molecule has 100 heavy (non-hydrogen) atoms. The van der Waals surface area contributed by atoms with E-state index >= 15 is 0 Å². The summed E-state index contributed by atoms with van der Waals surface area (Å²) in [6.45, 7) is 1.92. The summed E-state index contributed by atoms with van der Waals surface area (Å²) in [7, 11) is 0. The summed E-state index contributed by atoms with van der Waals surface area (Å²) >= 11 is 0. The molecule has 0 saturated carbocycles. The molecule has 17 rings (SSSR count). The molecular formula is C92H66N8. The number of benzene rings is 16. The number of aromatic nitrogens is 2. The standard InChI is InChI=1S/C92H66N8/c1-2-94-91-83(29-15-31-85(91)93)69-41-49-73(50-42-69)99(89-35-13-23-67-19-5-9-27-81(67)89)77-57-53-75(54-58-77)97(87-33-11-21-65-17-3-7-25-79(65)87)71-45-37-63(38-46-71)64-39-47-72(48-40-64)98(88-34-12-22-66-18-4-8-26-80(66)88)76-55-59-78(60-56-76)100(90-36-14-24-68-20-6-10-28-82(68)90)74-51-43-70(44-52-74)84-30-16-32-86-92(84)96-62-61-95-86/h2-62H,93H2,1H3. The van der Waals surface area contributed by atoms with Crippen molar-refractivity contribution in [2.24, 2.45) is 4.99 Å². The van der Waals surface area contributed by atoms with Gasteiger partial charge in [0.15, 0.2) is 0 Å². The zero-order valence-electron chi connectivity index (χ0n) is 54.9. The van der Waals surface area contributed by atoms with Crippen molar-refractivity contribution in [2.45, 2.75) is 6.92 Å². The van der Waals surface area contributed by atoms with E-state index in [-0.39, 0.29) is 0 Å². The van der Waals surface area contributed by atoms with Gasteiger partial charge in [-0.2, -0.15) is 0 Å². The van der Waals surface area contributed by atoms with Crippen LogP contribution in [0.1, 0.15) is 6.92 Å². The number of fused-ring (bicyclic) bond motifs is 5. The van der Waals surface area contributed by atoms with E-state index in [1.165, 1.54) is 21.5 Å². The van der Waals surface area contributed by atoms with Crippen LogP contribution in [0.3, 0.4) is 0 Å². The van der Waals surface area contributed by atoms with Crippen LogP contribution in [0.25, 0.3) is 87.5 Å². The summed E-state index contributed by atoms with van der Waals surface area (Å²) in [5.74, 6) is 0. The van der Waals surface area contributed by atoms with Crippen molar-refractivity contribution in [3.8, 4) is 33.4 Å². The first-order valence-corrected chi connectivity index (χ1v) is 33.8. The Morgan fingerprint density at radius 2 is 0.550 bits per heavy atom. The molecule has 8 nitrogen and oxygen atoms in total. The molecule has 16 aromatic carbocycles. The molecule has 0 fully saturated rings. The Morgan fingerprint density at radius 3 is 0.910 bits per heavy atom. The highest BCUT2D eigenvalue weighted by Gasteiger charge is 2.23. The first-order chi connectivity index (χ1) is 49.5. The van der Waals surface area contributed by atoms with Gasteiger partial charge in [-0.25, -0.2) is 0 Å². The molecule has 0 spiro atoms. The Labute approximate surface area is 581 Å². The molecule has 0 bridgehead atoms. The van der Waals surface area contributed by atoms with Gasteiger partial charge in [0.2, 0.25) is 0 Å². The molecule has 0 aliphatic rings. The highest BCUT2D eigenvalue weighted by molar-refractivity contribution is 6.04. The first-order valence-electron chi connectivity index (χ1n) is 33.8. The van der Waals surface area contributed by atoms with Crippen molar-refractivity contribution < 1.29 is 0 Å². The zero-order chi connectivity index (χ0) is 66.9. The summed E-state index contributed by atoms with van der Waals surface area (Å²) in [6.07, 6.45) is 5.30. The predicted octanol–water partition coefficient (Wildman–Crippen LogP) is 25.4. The van der Waals surface area contributed by atoms with Gasteiger partial charge < -0.3 is 25.3 Å². The van der Waals surface area contributed by atoms with Crippen molar-refractivity contribution in [1.29, 1.82) is 0 Å². The van der Waals surface area contributed by atoms with Crippen LogP contribution >= 0.6 is 0 Å². The number of para-hydroxylation sites is 2. The monoisotopic (exact) mass is 1280 g/mol. The van der Waals surface area contributed by atoms with Crippen LogP contribution < -0.4 is 25.3 Å². The third-order valence-corrected chi connectivity index (χ3v) is 19.0. The topological polar surface area (TPSA) is 77.1 Å². The smallest absolute Gasteiger partial charge is 0.0965 e. The van der Waals surface area contributed by atoms with Crippen LogP contribution in [0.5, 0.6) is 0 Å². The van der Waals surface area contributed by atoms with Gasteiger partial charge in [-0.1, -0.05) is 218 Å². The van der Waals surface area contributed by atoms with E-state index in [1.54, 1.807) is 18.6 Å². The minimum absolute atomic E-state index is 0.645. The van der Waals surface area contributed by atoms with E-state index in [2.05, 4.69) is 357 Å². The summed E-state index contributed by atoms with van der Waals surface area (Å²) in [4.78, 5) is 23.5. The van der Waals surface area contributed by atoms with Gasteiger partial charge in [-0.05, 0) is 184 Å². The fourth-order valence-corrected chi connectivity index (χ4v) is 14.3. The Balaban J connectivity index is 0.712. The molecule has 0 aliphatic carbocycles. The van der Waals surface area contributed by atoms with Crippen LogP contribution in [-0.4, -0.2) is 16.2 Å². The molecular weight excluding hydrogens is 1220 g/mol. The predicted molar refractivity (Wildman–Crippen MR) is 423 cm³/mol. The van der Waals surface area contributed by atoms with Crippen molar-refractivity contribution in [1.82, 2.24) is 9.97 Å².